The number of amides is 1. The molecule has 2 bridgehead atoms. The van der Waals surface area contributed by atoms with Crippen LogP contribution in [0.1, 0.15) is 37.3 Å². The van der Waals surface area contributed by atoms with E-state index in [4.69, 9.17) is 14.5 Å². The molecule has 2 aliphatic rings. The number of halogens is 2. The van der Waals surface area contributed by atoms with E-state index in [0.717, 1.165) is 24.9 Å². The summed E-state index contributed by atoms with van der Waals surface area (Å²) in [5.74, 6) is -0.338. The summed E-state index contributed by atoms with van der Waals surface area (Å²) in [6.45, 7) is 15.4. The van der Waals surface area contributed by atoms with E-state index in [0.29, 0.717) is 41.9 Å². The summed E-state index contributed by atoms with van der Waals surface area (Å²) in [4.78, 5) is 19.9. The van der Waals surface area contributed by atoms with E-state index in [1.807, 2.05) is 0 Å². The fourth-order valence-electron chi connectivity index (χ4n) is 5.47. The number of ether oxygens (including phenoxy) is 2. The van der Waals surface area contributed by atoms with Crippen LogP contribution in [-0.2, 0) is 9.47 Å². The molecule has 2 aliphatic heterocycles. The lowest BCUT2D eigenvalue weighted by Gasteiger charge is -2.37. The highest BCUT2D eigenvalue weighted by molar-refractivity contribution is 9.10. The molecule has 13 heteroatoms. The third-order valence-corrected chi connectivity index (χ3v) is 11.6. The topological polar surface area (TPSA) is 92.4 Å². The normalized spacial score (nSPS) is 21.6. The first kappa shape index (κ1) is 30.4. The van der Waals surface area contributed by atoms with E-state index in [1.54, 1.807) is 16.0 Å². The zero-order valence-corrected chi connectivity index (χ0v) is 27.6. The summed E-state index contributed by atoms with van der Waals surface area (Å²) in [6, 6.07) is 1.81. The fourth-order valence-corrected chi connectivity index (χ4v) is 7.33. The van der Waals surface area contributed by atoms with Crippen molar-refractivity contribution in [3.8, 4) is 0 Å². The minimum atomic E-state index is -1.29. The third kappa shape index (κ3) is 7.40. The van der Waals surface area contributed by atoms with E-state index in [2.05, 4.69) is 60.3 Å². The van der Waals surface area contributed by atoms with Crippen molar-refractivity contribution in [1.29, 1.82) is 0 Å². The second kappa shape index (κ2) is 12.1. The lowest BCUT2D eigenvalue weighted by Crippen LogP contribution is -2.45. The Labute approximate surface area is 241 Å². The monoisotopic (exact) mass is 643 g/mol. The number of aromatic nitrogens is 3. The van der Waals surface area contributed by atoms with Crippen LogP contribution in [0.5, 0.6) is 0 Å². The van der Waals surface area contributed by atoms with Gasteiger partial charge in [0.25, 0.3) is 0 Å². The van der Waals surface area contributed by atoms with Gasteiger partial charge < -0.3 is 24.4 Å². The number of hydrogen-bond donors (Lipinski definition) is 1. The highest BCUT2D eigenvalue weighted by Crippen LogP contribution is 2.44. The van der Waals surface area contributed by atoms with Crippen LogP contribution in [0.4, 0.5) is 15.0 Å². The second-order valence-corrected chi connectivity index (χ2v) is 25.4. The van der Waals surface area contributed by atoms with Gasteiger partial charge in [-0.2, -0.15) is 9.61 Å². The van der Waals surface area contributed by atoms with Crippen molar-refractivity contribution in [3.05, 3.63) is 22.2 Å². The van der Waals surface area contributed by atoms with Gasteiger partial charge in [0, 0.05) is 47.4 Å². The average molecular weight is 645 g/mol. The molecule has 2 aromatic rings. The second-order valence-electron chi connectivity index (χ2n) is 13.3. The van der Waals surface area contributed by atoms with Crippen LogP contribution in [0.25, 0.3) is 5.65 Å². The minimum absolute atomic E-state index is 0.105. The number of nitrogens with zero attached hydrogens (tertiary/aromatic N) is 5. The molecule has 0 radical (unpaired) electrons. The lowest BCUT2D eigenvalue weighted by atomic mass is 9.88. The predicted molar refractivity (Wildman–Crippen MR) is 160 cm³/mol. The summed E-state index contributed by atoms with van der Waals surface area (Å²) < 4.78 is 30.9. The predicted octanol–water partition coefficient (Wildman–Crippen LogP) is 6.45. The SMILES string of the molecule is C[Si](C)(C)CCOCN(COCC[Si](C)(C)C)c1c(F)c(C2C[C@H]3CC[C@@H](C2)N3C(=O)O)nc2c(Br)cnn12. The Kier molecular flexibility index (Phi) is 9.46. The molecule has 4 rings (SSSR count). The molecule has 2 saturated heterocycles. The smallest absolute Gasteiger partial charge is 0.407 e. The molecule has 2 fully saturated rings. The van der Waals surface area contributed by atoms with Crippen LogP contribution in [0.15, 0.2) is 10.7 Å². The van der Waals surface area contributed by atoms with Crippen molar-refractivity contribution in [3.63, 3.8) is 0 Å². The van der Waals surface area contributed by atoms with Crippen molar-refractivity contribution in [1.82, 2.24) is 19.5 Å². The molecular formula is C26H43BrFN5O4Si2. The number of rotatable bonds is 12. The highest BCUT2D eigenvalue weighted by Gasteiger charge is 2.45. The maximum absolute atomic E-state index is 16.6. The average Bonchev–Trinajstić information content (AvgIpc) is 3.32. The van der Waals surface area contributed by atoms with Crippen LogP contribution in [-0.4, -0.2) is 85.6 Å². The van der Waals surface area contributed by atoms with Crippen molar-refractivity contribution in [2.24, 2.45) is 0 Å². The number of carboxylic acid groups (broad SMARTS) is 1. The Balaban J connectivity index is 1.65. The Morgan fingerprint density at radius 1 is 1.08 bits per heavy atom. The van der Waals surface area contributed by atoms with E-state index in [1.165, 1.54) is 4.52 Å². The molecule has 1 unspecified atom stereocenters. The quantitative estimate of drug-likeness (QED) is 0.161. The molecule has 9 nitrogen and oxygen atoms in total. The highest BCUT2D eigenvalue weighted by atomic mass is 79.9. The first-order valence-electron chi connectivity index (χ1n) is 13.9. The van der Waals surface area contributed by atoms with Gasteiger partial charge in [-0.1, -0.05) is 39.3 Å². The Morgan fingerprint density at radius 3 is 2.10 bits per heavy atom. The van der Waals surface area contributed by atoms with Crippen molar-refractivity contribution in [2.75, 3.05) is 31.6 Å². The van der Waals surface area contributed by atoms with Gasteiger partial charge in [0.05, 0.1) is 16.4 Å². The Morgan fingerprint density at radius 2 is 1.62 bits per heavy atom. The summed E-state index contributed by atoms with van der Waals surface area (Å²) >= 11 is 3.54. The molecule has 1 amide bonds. The number of hydrogen-bond acceptors (Lipinski definition) is 6. The maximum Gasteiger partial charge on any atom is 0.407 e. The largest absolute Gasteiger partial charge is 0.465 e. The van der Waals surface area contributed by atoms with Gasteiger partial charge in [0.1, 0.15) is 13.5 Å². The zero-order valence-electron chi connectivity index (χ0n) is 24.0. The van der Waals surface area contributed by atoms with Gasteiger partial charge in [-0.05, 0) is 53.7 Å². The van der Waals surface area contributed by atoms with Crippen LogP contribution < -0.4 is 4.90 Å². The standard InChI is InChI=1S/C26H43BrFN5O4Si2/c1-38(2,3)11-9-36-16-31(17-37-10-12-39(4,5)6)25-22(28)23(30-24-21(27)15-29-33(24)25)18-13-19-7-8-20(14-18)32(19)26(34)35/h15,18-20H,7-14,16-17H2,1-6H3,(H,34,35)/t18?,19-,20+. The van der Waals surface area contributed by atoms with Gasteiger partial charge >= 0.3 is 6.09 Å². The molecular weight excluding hydrogens is 601 g/mol. The Bertz CT molecular complexity index is 1140. The molecule has 0 aromatic carbocycles. The van der Waals surface area contributed by atoms with Gasteiger partial charge in [0.15, 0.2) is 17.3 Å². The summed E-state index contributed by atoms with van der Waals surface area (Å²) in [5, 5.41) is 14.1. The van der Waals surface area contributed by atoms with Crippen molar-refractivity contribution in [2.45, 2.75) is 95.1 Å². The number of piperidine rings is 1. The number of carbonyl (C=O) groups is 1. The number of fused-ring (bicyclic) bond motifs is 3. The number of anilines is 1. The van der Waals surface area contributed by atoms with E-state index >= 15 is 4.39 Å². The van der Waals surface area contributed by atoms with Crippen LogP contribution in [0.2, 0.25) is 51.4 Å². The first-order valence-corrected chi connectivity index (χ1v) is 22.1. The molecule has 0 aliphatic carbocycles. The van der Waals surface area contributed by atoms with Gasteiger partial charge in [-0.15, -0.1) is 0 Å². The summed E-state index contributed by atoms with van der Waals surface area (Å²) in [5.41, 5.74) is 0.901. The Hall–Kier alpha value is -1.55. The van der Waals surface area contributed by atoms with Crippen molar-refractivity contribution >= 4 is 49.6 Å². The van der Waals surface area contributed by atoms with Gasteiger partial charge in [0.2, 0.25) is 0 Å². The molecule has 1 N–H and O–H groups in total. The van der Waals surface area contributed by atoms with Gasteiger partial charge in [-0.3, -0.25) is 0 Å². The third-order valence-electron chi connectivity index (χ3n) is 7.68. The van der Waals surface area contributed by atoms with Gasteiger partial charge in [-0.25, -0.2) is 14.2 Å². The van der Waals surface area contributed by atoms with Crippen LogP contribution in [0, 0.1) is 5.82 Å². The first-order chi connectivity index (χ1) is 18.2. The maximum atomic E-state index is 16.6. The van der Waals surface area contributed by atoms with Crippen LogP contribution >= 0.6 is 15.9 Å². The van der Waals surface area contributed by atoms with E-state index < -0.39 is 28.1 Å². The molecule has 2 aromatic heterocycles. The fraction of sp³-hybridized carbons (Fsp3) is 0.731. The molecule has 218 valence electrons. The summed E-state index contributed by atoms with van der Waals surface area (Å²) in [6.07, 6.45) is 3.48. The van der Waals surface area contributed by atoms with E-state index in [-0.39, 0.29) is 37.3 Å². The molecule has 4 heterocycles. The minimum Gasteiger partial charge on any atom is -0.465 e. The van der Waals surface area contributed by atoms with Crippen LogP contribution in [0.3, 0.4) is 0 Å². The lowest BCUT2D eigenvalue weighted by molar-refractivity contribution is 0.0922. The molecule has 0 saturated carbocycles. The zero-order chi connectivity index (χ0) is 28.5. The molecule has 0 spiro atoms. The van der Waals surface area contributed by atoms with E-state index in [9.17, 15) is 9.90 Å². The van der Waals surface area contributed by atoms with Crippen molar-refractivity contribution < 1.29 is 23.8 Å². The summed E-state index contributed by atoms with van der Waals surface area (Å²) in [7, 11) is -2.58. The molecule has 39 heavy (non-hydrogen) atoms. The molecule has 3 atom stereocenters.